The SMILES string of the molecule is COC(=O)C(C)Sc1ccccc1C(=O)NCC(c1ccccc1)N1CCCC1. The van der Waals surface area contributed by atoms with Gasteiger partial charge in [-0.15, -0.1) is 11.8 Å². The van der Waals surface area contributed by atoms with Crippen molar-refractivity contribution >= 4 is 23.6 Å². The van der Waals surface area contributed by atoms with E-state index in [0.717, 1.165) is 18.0 Å². The second-order valence-electron chi connectivity index (χ2n) is 7.16. The van der Waals surface area contributed by atoms with Gasteiger partial charge in [-0.2, -0.15) is 0 Å². The van der Waals surface area contributed by atoms with E-state index in [1.54, 1.807) is 13.0 Å². The third-order valence-electron chi connectivity index (χ3n) is 5.19. The van der Waals surface area contributed by atoms with Gasteiger partial charge in [0.25, 0.3) is 5.91 Å². The Labute approximate surface area is 176 Å². The summed E-state index contributed by atoms with van der Waals surface area (Å²) in [6.45, 7) is 4.44. The van der Waals surface area contributed by atoms with Gasteiger partial charge in [0.2, 0.25) is 0 Å². The van der Waals surface area contributed by atoms with Crippen LogP contribution < -0.4 is 5.32 Å². The molecule has 2 aromatic rings. The minimum absolute atomic E-state index is 0.120. The van der Waals surface area contributed by atoms with Gasteiger partial charge in [0.05, 0.1) is 18.7 Å². The van der Waals surface area contributed by atoms with Crippen LogP contribution in [0.2, 0.25) is 0 Å². The lowest BCUT2D eigenvalue weighted by molar-refractivity contribution is -0.139. The highest BCUT2D eigenvalue weighted by Crippen LogP contribution is 2.28. The summed E-state index contributed by atoms with van der Waals surface area (Å²) in [6.07, 6.45) is 2.39. The number of rotatable bonds is 8. The summed E-state index contributed by atoms with van der Waals surface area (Å²) < 4.78 is 4.80. The van der Waals surface area contributed by atoms with E-state index in [1.165, 1.54) is 37.3 Å². The largest absolute Gasteiger partial charge is 0.468 e. The second kappa shape index (κ2) is 10.5. The molecule has 0 saturated carbocycles. The van der Waals surface area contributed by atoms with Crippen molar-refractivity contribution in [3.63, 3.8) is 0 Å². The maximum absolute atomic E-state index is 13.0. The van der Waals surface area contributed by atoms with Gasteiger partial charge >= 0.3 is 5.97 Å². The summed E-state index contributed by atoms with van der Waals surface area (Å²) in [4.78, 5) is 28.0. The van der Waals surface area contributed by atoms with E-state index in [4.69, 9.17) is 4.74 Å². The molecule has 29 heavy (non-hydrogen) atoms. The van der Waals surface area contributed by atoms with Crippen LogP contribution in [0.15, 0.2) is 59.5 Å². The number of thioether (sulfide) groups is 1. The Morgan fingerprint density at radius 1 is 1.07 bits per heavy atom. The number of carbonyl (C=O) groups is 2. The molecule has 2 atom stereocenters. The Morgan fingerprint density at radius 2 is 1.72 bits per heavy atom. The molecule has 0 spiro atoms. The maximum Gasteiger partial charge on any atom is 0.318 e. The van der Waals surface area contributed by atoms with E-state index in [2.05, 4.69) is 22.3 Å². The molecule has 2 unspecified atom stereocenters. The van der Waals surface area contributed by atoms with Crippen molar-refractivity contribution in [2.75, 3.05) is 26.7 Å². The van der Waals surface area contributed by atoms with Crippen molar-refractivity contribution in [2.24, 2.45) is 0 Å². The topological polar surface area (TPSA) is 58.6 Å². The number of amides is 1. The highest BCUT2D eigenvalue weighted by Gasteiger charge is 2.25. The van der Waals surface area contributed by atoms with E-state index in [0.29, 0.717) is 12.1 Å². The highest BCUT2D eigenvalue weighted by atomic mass is 32.2. The van der Waals surface area contributed by atoms with E-state index >= 15 is 0 Å². The first-order valence-electron chi connectivity index (χ1n) is 10.0. The fourth-order valence-corrected chi connectivity index (χ4v) is 4.65. The van der Waals surface area contributed by atoms with Crippen LogP contribution in [0.5, 0.6) is 0 Å². The van der Waals surface area contributed by atoms with Crippen LogP contribution >= 0.6 is 11.8 Å². The Hall–Kier alpha value is -2.31. The van der Waals surface area contributed by atoms with Gasteiger partial charge in [-0.1, -0.05) is 42.5 Å². The molecule has 1 saturated heterocycles. The zero-order valence-corrected chi connectivity index (χ0v) is 17.8. The van der Waals surface area contributed by atoms with Gasteiger partial charge in [0, 0.05) is 11.4 Å². The zero-order chi connectivity index (χ0) is 20.6. The van der Waals surface area contributed by atoms with Crippen LogP contribution in [0.4, 0.5) is 0 Å². The molecule has 1 heterocycles. The Morgan fingerprint density at radius 3 is 2.41 bits per heavy atom. The van der Waals surface area contributed by atoms with Crippen LogP contribution in [0.3, 0.4) is 0 Å². The molecule has 1 aliphatic heterocycles. The molecule has 1 amide bonds. The van der Waals surface area contributed by atoms with E-state index < -0.39 is 0 Å². The van der Waals surface area contributed by atoms with E-state index in [1.807, 2.05) is 36.4 Å². The van der Waals surface area contributed by atoms with E-state index in [-0.39, 0.29) is 23.2 Å². The van der Waals surface area contributed by atoms with Crippen molar-refractivity contribution in [2.45, 2.75) is 36.0 Å². The van der Waals surface area contributed by atoms with Crippen LogP contribution in [0.25, 0.3) is 0 Å². The molecule has 0 aromatic heterocycles. The predicted molar refractivity (Wildman–Crippen MR) is 116 cm³/mol. The van der Waals surface area contributed by atoms with Gasteiger partial charge in [-0.3, -0.25) is 14.5 Å². The molecule has 1 fully saturated rings. The number of nitrogens with one attached hydrogen (secondary N) is 1. The average molecular weight is 413 g/mol. The van der Waals surface area contributed by atoms with Crippen LogP contribution in [-0.2, 0) is 9.53 Å². The quantitative estimate of drug-likeness (QED) is 0.526. The lowest BCUT2D eigenvalue weighted by Crippen LogP contribution is -2.37. The number of likely N-dealkylation sites (tertiary alicyclic amines) is 1. The summed E-state index contributed by atoms with van der Waals surface area (Å²) in [5.41, 5.74) is 1.80. The zero-order valence-electron chi connectivity index (χ0n) is 17.0. The van der Waals surface area contributed by atoms with Gasteiger partial charge in [-0.05, 0) is 50.6 Å². The van der Waals surface area contributed by atoms with Gasteiger partial charge in [-0.25, -0.2) is 0 Å². The number of esters is 1. The predicted octanol–water partition coefficient (Wildman–Crippen LogP) is 3.91. The number of nitrogens with zero attached hydrogens (tertiary/aromatic N) is 1. The molecule has 0 bridgehead atoms. The van der Waals surface area contributed by atoms with Crippen molar-refractivity contribution in [3.8, 4) is 0 Å². The first kappa shape index (κ1) is 21.4. The molecule has 6 heteroatoms. The van der Waals surface area contributed by atoms with Gasteiger partial charge in [0.1, 0.15) is 5.25 Å². The number of benzene rings is 2. The monoisotopic (exact) mass is 412 g/mol. The van der Waals surface area contributed by atoms with Crippen molar-refractivity contribution < 1.29 is 14.3 Å². The first-order chi connectivity index (χ1) is 14.1. The third-order valence-corrected chi connectivity index (χ3v) is 6.35. The van der Waals surface area contributed by atoms with Crippen molar-refractivity contribution in [1.82, 2.24) is 10.2 Å². The number of hydrogen-bond donors (Lipinski definition) is 1. The van der Waals surface area contributed by atoms with Crippen LogP contribution in [0.1, 0.15) is 41.7 Å². The molecule has 3 rings (SSSR count). The van der Waals surface area contributed by atoms with Crippen molar-refractivity contribution in [3.05, 3.63) is 65.7 Å². The summed E-state index contributed by atoms with van der Waals surface area (Å²) in [5.74, 6) is -0.423. The lowest BCUT2D eigenvalue weighted by atomic mass is 10.1. The highest BCUT2D eigenvalue weighted by molar-refractivity contribution is 8.00. The number of ether oxygens (including phenoxy) is 1. The van der Waals surface area contributed by atoms with Crippen molar-refractivity contribution in [1.29, 1.82) is 0 Å². The molecule has 2 aromatic carbocycles. The number of hydrogen-bond acceptors (Lipinski definition) is 5. The molecule has 1 aliphatic rings. The van der Waals surface area contributed by atoms with E-state index in [9.17, 15) is 9.59 Å². The fraction of sp³-hybridized carbons (Fsp3) is 0.391. The normalized spacial score (nSPS) is 16.2. The minimum atomic E-state index is -0.379. The van der Waals surface area contributed by atoms with Gasteiger partial charge < -0.3 is 10.1 Å². The fourth-order valence-electron chi connectivity index (χ4n) is 3.63. The van der Waals surface area contributed by atoms with Gasteiger partial charge in [0.15, 0.2) is 0 Å². The Balaban J connectivity index is 1.71. The minimum Gasteiger partial charge on any atom is -0.468 e. The summed E-state index contributed by atoms with van der Waals surface area (Å²) >= 11 is 1.34. The molecular formula is C23H28N2O3S. The molecule has 154 valence electrons. The van der Waals surface area contributed by atoms with Crippen LogP contribution in [0, 0.1) is 0 Å². The molecule has 5 nitrogen and oxygen atoms in total. The second-order valence-corrected chi connectivity index (χ2v) is 8.54. The Kier molecular flexibility index (Phi) is 7.72. The summed E-state index contributed by atoms with van der Waals surface area (Å²) in [6, 6.07) is 17.9. The molecule has 0 aliphatic carbocycles. The lowest BCUT2D eigenvalue weighted by Gasteiger charge is -2.28. The maximum atomic E-state index is 13.0. The smallest absolute Gasteiger partial charge is 0.318 e. The summed E-state index contributed by atoms with van der Waals surface area (Å²) in [5, 5.41) is 2.74. The number of methoxy groups -OCH3 is 1. The molecule has 0 radical (unpaired) electrons. The third kappa shape index (κ3) is 5.61. The van der Waals surface area contributed by atoms with Crippen LogP contribution in [-0.4, -0.2) is 48.8 Å². The first-order valence-corrected chi connectivity index (χ1v) is 10.9. The summed E-state index contributed by atoms with van der Waals surface area (Å²) in [7, 11) is 1.38. The average Bonchev–Trinajstić information content (AvgIpc) is 3.28. The number of carbonyl (C=O) groups excluding carboxylic acids is 2. The Bertz CT molecular complexity index is 822. The molecular weight excluding hydrogens is 384 g/mol. The standard InChI is InChI=1S/C23H28N2O3S/c1-17(23(27)28-2)29-21-13-7-6-12-19(21)22(26)24-16-20(25-14-8-9-15-25)18-10-4-3-5-11-18/h3-7,10-13,17,20H,8-9,14-16H2,1-2H3,(H,24,26). The molecule has 1 N–H and O–H groups in total.